The van der Waals surface area contributed by atoms with Crippen LogP contribution in [0.1, 0.15) is 51.0 Å². The molecule has 0 spiro atoms. The normalized spacial score (nSPS) is 18.2. The molecule has 1 aromatic rings. The second-order valence-corrected chi connectivity index (χ2v) is 10.2. The minimum atomic E-state index is -1.11. The van der Waals surface area contributed by atoms with Crippen molar-refractivity contribution in [2.75, 3.05) is 5.75 Å². The van der Waals surface area contributed by atoms with Gasteiger partial charge in [0, 0.05) is 29.8 Å². The fraction of sp³-hybridized carbons (Fsp3) is 0.571. The summed E-state index contributed by atoms with van der Waals surface area (Å²) in [6.07, 6.45) is 5.04. The standard InChI is InChI=1S/C21H29NO5S2/c1-14(21(26)27)22-20(25)16(12-15-6-8-17(23)9-7-15)13-18(24)4-2-3-5-19-10-11-28-29-19/h6-9,14,16,19,23H,2-5,10-13H2,1H3,(H,22,25)(H,26,27). The number of amides is 1. The van der Waals surface area contributed by atoms with Gasteiger partial charge in [-0.15, -0.1) is 0 Å². The van der Waals surface area contributed by atoms with E-state index in [1.807, 2.05) is 21.6 Å². The molecule has 29 heavy (non-hydrogen) atoms. The van der Waals surface area contributed by atoms with E-state index in [2.05, 4.69) is 5.32 Å². The topological polar surface area (TPSA) is 104 Å². The number of carbonyl (C=O) groups is 3. The average Bonchev–Trinajstić information content (AvgIpc) is 3.19. The van der Waals surface area contributed by atoms with Gasteiger partial charge in [0.25, 0.3) is 0 Å². The number of aliphatic carboxylic acids is 1. The van der Waals surface area contributed by atoms with Gasteiger partial charge in [-0.1, -0.05) is 40.1 Å². The number of phenols is 1. The fourth-order valence-corrected chi connectivity index (χ4v) is 6.23. The number of phenolic OH excluding ortho intramolecular Hbond substituents is 1. The first-order valence-corrected chi connectivity index (χ1v) is 12.3. The zero-order valence-electron chi connectivity index (χ0n) is 16.6. The van der Waals surface area contributed by atoms with E-state index in [1.165, 1.54) is 31.2 Å². The lowest BCUT2D eigenvalue weighted by molar-refractivity contribution is -0.142. The van der Waals surface area contributed by atoms with Gasteiger partial charge in [0.1, 0.15) is 17.6 Å². The van der Waals surface area contributed by atoms with Crippen molar-refractivity contribution in [3.05, 3.63) is 29.8 Å². The average molecular weight is 440 g/mol. The molecule has 0 aromatic heterocycles. The van der Waals surface area contributed by atoms with Crippen molar-refractivity contribution in [1.29, 1.82) is 0 Å². The van der Waals surface area contributed by atoms with Gasteiger partial charge in [0.05, 0.1) is 0 Å². The molecular weight excluding hydrogens is 410 g/mol. The molecule has 3 atom stereocenters. The Kier molecular flexibility index (Phi) is 9.87. The summed E-state index contributed by atoms with van der Waals surface area (Å²) in [7, 11) is 3.85. The van der Waals surface area contributed by atoms with Crippen LogP contribution in [0, 0.1) is 5.92 Å². The maximum Gasteiger partial charge on any atom is 0.325 e. The van der Waals surface area contributed by atoms with Crippen molar-refractivity contribution >= 4 is 39.2 Å². The number of hydrogen-bond donors (Lipinski definition) is 3. The Morgan fingerprint density at radius 1 is 1.21 bits per heavy atom. The molecule has 0 bridgehead atoms. The molecule has 2 rings (SSSR count). The summed E-state index contributed by atoms with van der Waals surface area (Å²) in [5, 5.41) is 21.6. The minimum absolute atomic E-state index is 0.0281. The highest BCUT2D eigenvalue weighted by molar-refractivity contribution is 8.77. The van der Waals surface area contributed by atoms with Crippen molar-refractivity contribution < 1.29 is 24.6 Å². The van der Waals surface area contributed by atoms with Gasteiger partial charge >= 0.3 is 5.97 Å². The van der Waals surface area contributed by atoms with E-state index in [4.69, 9.17) is 5.11 Å². The zero-order chi connectivity index (χ0) is 21.2. The Bertz CT molecular complexity index is 689. The van der Waals surface area contributed by atoms with Gasteiger partial charge in [0.15, 0.2) is 0 Å². The van der Waals surface area contributed by atoms with Crippen molar-refractivity contribution in [3.8, 4) is 5.75 Å². The maximum atomic E-state index is 12.6. The molecule has 0 aliphatic carbocycles. The van der Waals surface area contributed by atoms with Gasteiger partial charge in [-0.25, -0.2) is 0 Å². The largest absolute Gasteiger partial charge is 0.508 e. The van der Waals surface area contributed by atoms with Gasteiger partial charge in [-0.2, -0.15) is 0 Å². The van der Waals surface area contributed by atoms with E-state index in [0.29, 0.717) is 18.1 Å². The van der Waals surface area contributed by atoms with Crippen molar-refractivity contribution in [1.82, 2.24) is 5.32 Å². The van der Waals surface area contributed by atoms with E-state index in [9.17, 15) is 19.5 Å². The van der Waals surface area contributed by atoms with Crippen LogP contribution in [-0.4, -0.2) is 44.9 Å². The first-order chi connectivity index (χ1) is 13.8. The number of rotatable bonds is 12. The quantitative estimate of drug-likeness (QED) is 0.336. The number of unbranched alkanes of at least 4 members (excludes halogenated alkanes) is 1. The molecule has 3 unspecified atom stereocenters. The van der Waals surface area contributed by atoms with Crippen molar-refractivity contribution in [3.63, 3.8) is 0 Å². The first kappa shape index (κ1) is 23.6. The number of Topliss-reactive ketones (excluding diaryl/α,β-unsaturated/α-hetero) is 1. The summed E-state index contributed by atoms with van der Waals surface area (Å²) >= 11 is 0. The summed E-state index contributed by atoms with van der Waals surface area (Å²) in [6.45, 7) is 1.40. The van der Waals surface area contributed by atoms with E-state index in [0.717, 1.165) is 24.8 Å². The van der Waals surface area contributed by atoms with Gasteiger partial charge < -0.3 is 15.5 Å². The molecule has 1 amide bonds. The van der Waals surface area contributed by atoms with Crippen LogP contribution in [0.5, 0.6) is 5.75 Å². The highest BCUT2D eigenvalue weighted by Gasteiger charge is 2.25. The minimum Gasteiger partial charge on any atom is -0.508 e. The van der Waals surface area contributed by atoms with Crippen LogP contribution < -0.4 is 5.32 Å². The lowest BCUT2D eigenvalue weighted by atomic mass is 9.91. The van der Waals surface area contributed by atoms with Gasteiger partial charge in [-0.3, -0.25) is 14.4 Å². The van der Waals surface area contributed by atoms with Crippen LogP contribution in [0.25, 0.3) is 0 Å². The summed E-state index contributed by atoms with van der Waals surface area (Å²) in [4.78, 5) is 36.1. The van der Waals surface area contributed by atoms with E-state index in [1.54, 1.807) is 12.1 Å². The molecule has 0 radical (unpaired) electrons. The number of hydrogen-bond acceptors (Lipinski definition) is 6. The van der Waals surface area contributed by atoms with Crippen LogP contribution in [0.3, 0.4) is 0 Å². The zero-order valence-corrected chi connectivity index (χ0v) is 18.3. The lowest BCUT2D eigenvalue weighted by Crippen LogP contribution is -2.42. The smallest absolute Gasteiger partial charge is 0.325 e. The Morgan fingerprint density at radius 2 is 1.93 bits per heavy atom. The number of carboxylic acids is 1. The third-order valence-corrected chi connectivity index (χ3v) is 7.96. The third-order valence-electron chi connectivity index (χ3n) is 4.95. The van der Waals surface area contributed by atoms with E-state index < -0.39 is 23.8 Å². The first-order valence-electron chi connectivity index (χ1n) is 9.96. The van der Waals surface area contributed by atoms with Crippen molar-refractivity contribution in [2.24, 2.45) is 5.92 Å². The highest BCUT2D eigenvalue weighted by Crippen LogP contribution is 2.39. The maximum absolute atomic E-state index is 12.6. The second kappa shape index (κ2) is 12.1. The summed E-state index contributed by atoms with van der Waals surface area (Å²) in [6, 6.07) is 5.47. The molecule has 0 saturated carbocycles. The Morgan fingerprint density at radius 3 is 2.55 bits per heavy atom. The van der Waals surface area contributed by atoms with Crippen LogP contribution in [0.4, 0.5) is 0 Å². The molecule has 1 fully saturated rings. The van der Waals surface area contributed by atoms with Crippen LogP contribution >= 0.6 is 21.6 Å². The van der Waals surface area contributed by atoms with Gasteiger partial charge in [0.2, 0.25) is 5.91 Å². The number of carboxylic acid groups (broad SMARTS) is 1. The molecule has 160 valence electrons. The SMILES string of the molecule is CC(NC(=O)C(CC(=O)CCCCC1CCSS1)Cc1ccc(O)cc1)C(=O)O. The fourth-order valence-electron chi connectivity index (χ4n) is 3.20. The lowest BCUT2D eigenvalue weighted by Gasteiger charge is -2.18. The molecule has 1 aliphatic heterocycles. The highest BCUT2D eigenvalue weighted by atomic mass is 33.1. The second-order valence-electron chi connectivity index (χ2n) is 7.45. The molecule has 1 aliphatic rings. The molecule has 1 saturated heterocycles. The van der Waals surface area contributed by atoms with E-state index >= 15 is 0 Å². The number of benzene rings is 1. The van der Waals surface area contributed by atoms with Crippen LogP contribution in [0.2, 0.25) is 0 Å². The Labute approximate surface area is 179 Å². The number of ketones is 1. The predicted molar refractivity (Wildman–Crippen MR) is 117 cm³/mol. The third kappa shape index (κ3) is 8.70. The number of nitrogens with one attached hydrogen (secondary N) is 1. The monoisotopic (exact) mass is 439 g/mol. The molecule has 1 heterocycles. The van der Waals surface area contributed by atoms with Gasteiger partial charge in [-0.05, 0) is 50.3 Å². The Hall–Kier alpha value is -1.67. The molecule has 3 N–H and O–H groups in total. The molecular formula is C21H29NO5S2. The molecule has 1 aromatic carbocycles. The van der Waals surface area contributed by atoms with Crippen molar-refractivity contribution in [2.45, 2.75) is 63.2 Å². The van der Waals surface area contributed by atoms with E-state index in [-0.39, 0.29) is 18.0 Å². The summed E-state index contributed by atoms with van der Waals surface area (Å²) < 4.78 is 0. The molecule has 6 nitrogen and oxygen atoms in total. The van der Waals surface area contributed by atoms with Crippen LogP contribution in [-0.2, 0) is 20.8 Å². The summed E-state index contributed by atoms with van der Waals surface area (Å²) in [5.74, 6) is -0.811. The molecule has 8 heteroatoms. The Balaban J connectivity index is 1.88. The number of aromatic hydroxyl groups is 1. The van der Waals surface area contributed by atoms with Crippen LogP contribution in [0.15, 0.2) is 24.3 Å². The predicted octanol–water partition coefficient (Wildman–Crippen LogP) is 3.81. The summed E-state index contributed by atoms with van der Waals surface area (Å²) in [5.41, 5.74) is 0.814. The number of carbonyl (C=O) groups excluding carboxylic acids is 2.